The van der Waals surface area contributed by atoms with E-state index in [9.17, 15) is 4.79 Å². The van der Waals surface area contributed by atoms with E-state index < -0.39 is 0 Å². The fourth-order valence-corrected chi connectivity index (χ4v) is 1.94. The van der Waals surface area contributed by atoms with Gasteiger partial charge in [-0.2, -0.15) is 0 Å². The maximum atomic E-state index is 11.5. The van der Waals surface area contributed by atoms with Gasteiger partial charge in [-0.3, -0.25) is 4.79 Å². The molecule has 0 atom stereocenters. The van der Waals surface area contributed by atoms with E-state index in [1.807, 2.05) is 29.3 Å². The maximum Gasteiger partial charge on any atom is 0.222 e. The van der Waals surface area contributed by atoms with Gasteiger partial charge in [0.2, 0.25) is 5.91 Å². The summed E-state index contributed by atoms with van der Waals surface area (Å²) < 4.78 is 0. The van der Waals surface area contributed by atoms with Crippen molar-refractivity contribution in [1.29, 1.82) is 0 Å². The van der Waals surface area contributed by atoms with Crippen LogP contribution in [0, 0.1) is 0 Å². The summed E-state index contributed by atoms with van der Waals surface area (Å²) in [7, 11) is 0. The molecular weight excluding hydrogens is 194 g/mol. The molecule has 0 aliphatic heterocycles. The second-order valence-electron chi connectivity index (χ2n) is 3.00. The predicted molar refractivity (Wildman–Crippen MR) is 60.2 cm³/mol. The largest absolute Gasteiger partial charge is 0.334 e. The first-order valence-electron chi connectivity index (χ1n) is 4.69. The summed E-state index contributed by atoms with van der Waals surface area (Å²) in [5.41, 5.74) is 0. The molecule has 0 aliphatic rings. The van der Waals surface area contributed by atoms with Crippen LogP contribution in [-0.4, -0.2) is 17.4 Å². The van der Waals surface area contributed by atoms with Gasteiger partial charge in [-0.05, 0) is 11.4 Å². The van der Waals surface area contributed by atoms with Gasteiger partial charge in [-0.25, -0.2) is 0 Å². The molecule has 0 aliphatic carbocycles. The first-order chi connectivity index (χ1) is 6.77. The average molecular weight is 209 g/mol. The first-order valence-corrected chi connectivity index (χ1v) is 5.57. The third-order valence-electron chi connectivity index (χ3n) is 1.93. The van der Waals surface area contributed by atoms with Crippen LogP contribution in [0.15, 0.2) is 30.2 Å². The Morgan fingerprint density at radius 3 is 3.00 bits per heavy atom. The Labute approximate surface area is 88.9 Å². The van der Waals surface area contributed by atoms with E-state index >= 15 is 0 Å². The molecule has 1 heterocycles. The molecule has 2 nitrogen and oxygen atoms in total. The summed E-state index contributed by atoms with van der Waals surface area (Å²) >= 11 is 1.68. The van der Waals surface area contributed by atoms with E-state index in [-0.39, 0.29) is 5.91 Å². The Balaban J connectivity index is 2.59. The number of carbonyl (C=O) groups excluding carboxylic acids is 1. The lowest BCUT2D eigenvalue weighted by Crippen LogP contribution is -2.29. The van der Waals surface area contributed by atoms with Gasteiger partial charge < -0.3 is 4.90 Å². The molecule has 1 aromatic heterocycles. The zero-order valence-electron chi connectivity index (χ0n) is 8.40. The number of carbonyl (C=O) groups is 1. The van der Waals surface area contributed by atoms with Crippen LogP contribution in [0.4, 0.5) is 0 Å². The molecule has 0 spiro atoms. The Morgan fingerprint density at radius 1 is 1.71 bits per heavy atom. The van der Waals surface area contributed by atoms with Crippen LogP contribution in [-0.2, 0) is 11.3 Å². The molecule has 0 fully saturated rings. The minimum atomic E-state index is 0.179. The van der Waals surface area contributed by atoms with E-state index in [0.717, 1.165) is 0 Å². The van der Waals surface area contributed by atoms with Crippen molar-refractivity contribution in [1.82, 2.24) is 4.90 Å². The van der Waals surface area contributed by atoms with Crippen LogP contribution in [0.5, 0.6) is 0 Å². The van der Waals surface area contributed by atoms with Crippen LogP contribution in [0.2, 0.25) is 0 Å². The van der Waals surface area contributed by atoms with Gasteiger partial charge in [0, 0.05) is 17.8 Å². The maximum absolute atomic E-state index is 11.5. The second-order valence-corrected chi connectivity index (χ2v) is 4.03. The highest BCUT2D eigenvalue weighted by Gasteiger charge is 2.10. The molecule has 0 bridgehead atoms. The van der Waals surface area contributed by atoms with E-state index in [1.165, 1.54) is 4.88 Å². The summed E-state index contributed by atoms with van der Waals surface area (Å²) in [4.78, 5) is 14.5. The Bertz CT molecular complexity index is 292. The third-order valence-corrected chi connectivity index (χ3v) is 2.79. The van der Waals surface area contributed by atoms with Crippen molar-refractivity contribution in [3.05, 3.63) is 35.0 Å². The molecule has 14 heavy (non-hydrogen) atoms. The smallest absolute Gasteiger partial charge is 0.222 e. The summed E-state index contributed by atoms with van der Waals surface area (Å²) in [5, 5.41) is 2.03. The van der Waals surface area contributed by atoms with E-state index in [0.29, 0.717) is 19.5 Å². The van der Waals surface area contributed by atoms with Crippen molar-refractivity contribution >= 4 is 17.2 Å². The first kappa shape index (κ1) is 11.0. The number of rotatable bonds is 5. The number of hydrogen-bond acceptors (Lipinski definition) is 2. The zero-order valence-corrected chi connectivity index (χ0v) is 9.22. The van der Waals surface area contributed by atoms with Crippen molar-refractivity contribution in [2.24, 2.45) is 0 Å². The summed E-state index contributed by atoms with van der Waals surface area (Å²) in [6.45, 7) is 6.87. The fraction of sp³-hybridized carbons (Fsp3) is 0.364. The third kappa shape index (κ3) is 3.00. The Morgan fingerprint density at radius 2 is 2.50 bits per heavy atom. The van der Waals surface area contributed by atoms with Gasteiger partial charge in [-0.15, -0.1) is 17.9 Å². The van der Waals surface area contributed by atoms with Gasteiger partial charge in [0.1, 0.15) is 0 Å². The van der Waals surface area contributed by atoms with Crippen LogP contribution in [0.25, 0.3) is 0 Å². The average Bonchev–Trinajstić information content (AvgIpc) is 2.68. The van der Waals surface area contributed by atoms with Crippen molar-refractivity contribution in [3.8, 4) is 0 Å². The van der Waals surface area contributed by atoms with Crippen molar-refractivity contribution in [3.63, 3.8) is 0 Å². The fourth-order valence-electron chi connectivity index (χ4n) is 1.22. The van der Waals surface area contributed by atoms with Crippen molar-refractivity contribution in [2.45, 2.75) is 19.9 Å². The number of thiophene rings is 1. The molecule has 0 N–H and O–H groups in total. The standard InChI is InChI=1S/C11H15NOS/c1-3-7-12(11(13)4-2)9-10-6-5-8-14-10/h3,5-6,8H,1,4,7,9H2,2H3. The van der Waals surface area contributed by atoms with Gasteiger partial charge in [-0.1, -0.05) is 19.1 Å². The topological polar surface area (TPSA) is 20.3 Å². The monoisotopic (exact) mass is 209 g/mol. The molecule has 1 aromatic rings. The normalized spacial score (nSPS) is 9.79. The van der Waals surface area contributed by atoms with Gasteiger partial charge in [0.15, 0.2) is 0 Å². The highest BCUT2D eigenvalue weighted by Crippen LogP contribution is 2.12. The second kappa shape index (κ2) is 5.60. The van der Waals surface area contributed by atoms with Gasteiger partial charge in [0.25, 0.3) is 0 Å². The van der Waals surface area contributed by atoms with Crippen LogP contribution >= 0.6 is 11.3 Å². The van der Waals surface area contributed by atoms with Gasteiger partial charge in [0.05, 0.1) is 6.54 Å². The molecule has 3 heteroatoms. The molecule has 0 saturated heterocycles. The van der Waals surface area contributed by atoms with Crippen molar-refractivity contribution < 1.29 is 4.79 Å². The molecule has 0 radical (unpaired) electrons. The Hall–Kier alpha value is -1.09. The molecule has 76 valence electrons. The highest BCUT2D eigenvalue weighted by atomic mass is 32.1. The van der Waals surface area contributed by atoms with E-state index in [4.69, 9.17) is 0 Å². The SMILES string of the molecule is C=CCN(Cc1cccs1)C(=O)CC. The Kier molecular flexibility index (Phi) is 4.40. The van der Waals surface area contributed by atoms with Gasteiger partial charge >= 0.3 is 0 Å². The summed E-state index contributed by atoms with van der Waals surface area (Å²) in [6, 6.07) is 4.05. The minimum absolute atomic E-state index is 0.179. The zero-order chi connectivity index (χ0) is 10.4. The van der Waals surface area contributed by atoms with E-state index in [2.05, 4.69) is 6.58 Å². The summed E-state index contributed by atoms with van der Waals surface area (Å²) in [6.07, 6.45) is 2.32. The minimum Gasteiger partial charge on any atom is -0.334 e. The van der Waals surface area contributed by atoms with Crippen molar-refractivity contribution in [2.75, 3.05) is 6.54 Å². The number of hydrogen-bond donors (Lipinski definition) is 0. The summed E-state index contributed by atoms with van der Waals surface area (Å²) in [5.74, 6) is 0.179. The molecule has 0 unspecified atom stereocenters. The molecule has 1 amide bonds. The molecule has 0 aromatic carbocycles. The number of nitrogens with zero attached hydrogens (tertiary/aromatic N) is 1. The lowest BCUT2D eigenvalue weighted by molar-refractivity contribution is -0.130. The van der Waals surface area contributed by atoms with Crippen LogP contribution in [0.3, 0.4) is 0 Å². The van der Waals surface area contributed by atoms with E-state index in [1.54, 1.807) is 17.4 Å². The molecule has 1 rings (SSSR count). The number of amides is 1. The lowest BCUT2D eigenvalue weighted by Gasteiger charge is -2.19. The quantitative estimate of drug-likeness (QED) is 0.683. The van der Waals surface area contributed by atoms with Crippen LogP contribution < -0.4 is 0 Å². The predicted octanol–water partition coefficient (Wildman–Crippen LogP) is 2.67. The van der Waals surface area contributed by atoms with Crippen LogP contribution in [0.1, 0.15) is 18.2 Å². The molecule has 0 saturated carbocycles. The molecular formula is C11H15NOS. The highest BCUT2D eigenvalue weighted by molar-refractivity contribution is 7.09. The lowest BCUT2D eigenvalue weighted by atomic mass is 10.3.